The van der Waals surface area contributed by atoms with Crippen LogP contribution in [0, 0.1) is 0 Å². The summed E-state index contributed by atoms with van der Waals surface area (Å²) in [7, 11) is 0. The number of nitrogens with zero attached hydrogens (tertiary/aromatic N) is 1. The van der Waals surface area contributed by atoms with Crippen LogP contribution in [0.2, 0.25) is 0 Å². The Kier molecular flexibility index (Phi) is 8.72. The van der Waals surface area contributed by atoms with Crippen molar-refractivity contribution >= 4 is 79.0 Å². The van der Waals surface area contributed by atoms with Gasteiger partial charge in [-0.15, -0.1) is 11.8 Å². The van der Waals surface area contributed by atoms with Gasteiger partial charge in [-0.25, -0.2) is 0 Å². The number of carbonyl (C=O) groups excluding carboxylic acids is 3. The standard InChI is InChI=1S/C36H26BrN3O3S/c37-26-12-8-9-24(21-26)22-31(39-35(42)25-10-2-1-3-11-25)36(43)38-27-17-19-28(20-18-27)44-23-34(41)40-32-15-6-4-13-29(32)30-14-5-7-16-33(30)40/h1-22H,23H2,(H,38,43)(H,39,42)/b31-22-. The van der Waals surface area contributed by atoms with Crippen LogP contribution in [0.3, 0.4) is 0 Å². The molecule has 0 aliphatic heterocycles. The second-order valence-electron chi connectivity index (χ2n) is 9.96. The highest BCUT2D eigenvalue weighted by Gasteiger charge is 2.17. The Morgan fingerprint density at radius 3 is 2.02 bits per heavy atom. The molecule has 0 atom stereocenters. The molecule has 8 heteroatoms. The SMILES string of the molecule is O=C(Nc1ccc(SCC(=O)n2c3ccccc3c3ccccc32)cc1)/C(=C/c1cccc(Br)c1)NC(=O)c1ccccc1. The molecule has 0 bridgehead atoms. The van der Waals surface area contributed by atoms with Gasteiger partial charge in [0.2, 0.25) is 5.91 Å². The molecule has 0 aliphatic rings. The summed E-state index contributed by atoms with van der Waals surface area (Å²) in [5.74, 6) is -0.613. The maximum Gasteiger partial charge on any atom is 0.272 e. The number of hydrogen-bond donors (Lipinski definition) is 2. The van der Waals surface area contributed by atoms with E-state index in [1.165, 1.54) is 11.8 Å². The third-order valence-electron chi connectivity index (χ3n) is 6.99. The molecule has 0 saturated heterocycles. The van der Waals surface area contributed by atoms with E-state index in [-0.39, 0.29) is 23.3 Å². The molecule has 0 saturated carbocycles. The number of rotatable bonds is 8. The molecule has 1 aromatic heterocycles. The van der Waals surface area contributed by atoms with Crippen molar-refractivity contribution in [3.05, 3.63) is 149 Å². The number of aromatic nitrogens is 1. The number of para-hydroxylation sites is 2. The van der Waals surface area contributed by atoms with Crippen molar-refractivity contribution in [2.75, 3.05) is 11.1 Å². The Morgan fingerprint density at radius 1 is 0.727 bits per heavy atom. The average Bonchev–Trinajstić information content (AvgIpc) is 3.39. The molecule has 0 spiro atoms. The second kappa shape index (κ2) is 13.2. The largest absolute Gasteiger partial charge is 0.321 e. The maximum atomic E-state index is 13.4. The van der Waals surface area contributed by atoms with E-state index in [1.54, 1.807) is 47.0 Å². The number of thioether (sulfide) groups is 1. The Balaban J connectivity index is 1.16. The Morgan fingerprint density at radius 2 is 1.36 bits per heavy atom. The van der Waals surface area contributed by atoms with Gasteiger partial charge in [0.1, 0.15) is 5.70 Å². The van der Waals surface area contributed by atoms with Gasteiger partial charge in [-0.05, 0) is 72.3 Å². The maximum absolute atomic E-state index is 13.4. The first kappa shape index (κ1) is 29.2. The van der Waals surface area contributed by atoms with Gasteiger partial charge in [0.15, 0.2) is 0 Å². The third-order valence-corrected chi connectivity index (χ3v) is 8.48. The number of benzene rings is 5. The predicted molar refractivity (Wildman–Crippen MR) is 182 cm³/mol. The Labute approximate surface area is 266 Å². The van der Waals surface area contributed by atoms with Crippen LogP contribution in [0.4, 0.5) is 5.69 Å². The summed E-state index contributed by atoms with van der Waals surface area (Å²) < 4.78 is 2.64. The minimum Gasteiger partial charge on any atom is -0.321 e. The monoisotopic (exact) mass is 659 g/mol. The highest BCUT2D eigenvalue weighted by Crippen LogP contribution is 2.30. The number of hydrogen-bond acceptors (Lipinski definition) is 4. The molecule has 6 rings (SSSR count). The number of fused-ring (bicyclic) bond motifs is 3. The van der Waals surface area contributed by atoms with Gasteiger partial charge in [-0.2, -0.15) is 0 Å². The quantitative estimate of drug-likeness (QED) is 0.127. The average molecular weight is 661 g/mol. The molecule has 2 amide bonds. The third kappa shape index (κ3) is 6.51. The van der Waals surface area contributed by atoms with Gasteiger partial charge in [0.25, 0.3) is 11.8 Å². The van der Waals surface area contributed by atoms with Crippen LogP contribution in [0.1, 0.15) is 20.7 Å². The molecule has 216 valence electrons. The molecule has 0 aliphatic carbocycles. The van der Waals surface area contributed by atoms with Gasteiger partial charge in [-0.3, -0.25) is 19.0 Å². The lowest BCUT2D eigenvalue weighted by atomic mass is 10.1. The number of carbonyl (C=O) groups is 3. The molecular weight excluding hydrogens is 634 g/mol. The molecule has 0 unspecified atom stereocenters. The van der Waals surface area contributed by atoms with Crippen LogP contribution in [-0.2, 0) is 4.79 Å². The number of anilines is 1. The highest BCUT2D eigenvalue weighted by atomic mass is 79.9. The molecule has 0 radical (unpaired) electrons. The van der Waals surface area contributed by atoms with Crippen LogP contribution < -0.4 is 10.6 Å². The Bertz CT molecular complexity index is 1980. The van der Waals surface area contributed by atoms with Crippen LogP contribution >= 0.6 is 27.7 Å². The van der Waals surface area contributed by atoms with E-state index in [4.69, 9.17) is 0 Å². The minimum atomic E-state index is -0.462. The van der Waals surface area contributed by atoms with E-state index in [0.29, 0.717) is 11.3 Å². The van der Waals surface area contributed by atoms with E-state index < -0.39 is 5.91 Å². The fraction of sp³-hybridized carbons (Fsp3) is 0.0278. The number of nitrogens with one attached hydrogen (secondary N) is 2. The highest BCUT2D eigenvalue weighted by molar-refractivity contribution is 9.10. The van der Waals surface area contributed by atoms with Crippen molar-refractivity contribution in [3.63, 3.8) is 0 Å². The van der Waals surface area contributed by atoms with Gasteiger partial charge < -0.3 is 10.6 Å². The summed E-state index contributed by atoms with van der Waals surface area (Å²) in [6, 6.07) is 39.3. The van der Waals surface area contributed by atoms with Gasteiger partial charge >= 0.3 is 0 Å². The van der Waals surface area contributed by atoms with E-state index in [9.17, 15) is 14.4 Å². The van der Waals surface area contributed by atoms with E-state index in [0.717, 1.165) is 36.7 Å². The number of halogens is 1. The van der Waals surface area contributed by atoms with Crippen molar-refractivity contribution < 1.29 is 14.4 Å². The van der Waals surface area contributed by atoms with Gasteiger partial charge in [0.05, 0.1) is 16.8 Å². The lowest BCUT2D eigenvalue weighted by Crippen LogP contribution is -2.30. The molecule has 6 nitrogen and oxygen atoms in total. The topological polar surface area (TPSA) is 80.2 Å². The first-order valence-corrected chi connectivity index (χ1v) is 15.6. The Hall–Kier alpha value is -4.92. The molecular formula is C36H26BrN3O3S. The van der Waals surface area contributed by atoms with Crippen molar-refractivity contribution in [2.24, 2.45) is 0 Å². The molecule has 0 fully saturated rings. The predicted octanol–water partition coefficient (Wildman–Crippen LogP) is 8.40. The van der Waals surface area contributed by atoms with Gasteiger partial charge in [-0.1, -0.05) is 82.7 Å². The minimum absolute atomic E-state index is 0.0127. The summed E-state index contributed by atoms with van der Waals surface area (Å²) in [6.07, 6.45) is 1.63. The zero-order valence-electron chi connectivity index (χ0n) is 23.4. The second-order valence-corrected chi connectivity index (χ2v) is 11.9. The fourth-order valence-electron chi connectivity index (χ4n) is 4.94. The van der Waals surface area contributed by atoms with Crippen molar-refractivity contribution in [3.8, 4) is 0 Å². The summed E-state index contributed by atoms with van der Waals surface area (Å²) >= 11 is 4.88. The fourth-order valence-corrected chi connectivity index (χ4v) is 6.10. The first-order chi connectivity index (χ1) is 21.5. The summed E-state index contributed by atoms with van der Waals surface area (Å²) in [5, 5.41) is 7.73. The summed E-state index contributed by atoms with van der Waals surface area (Å²) in [4.78, 5) is 40.5. The van der Waals surface area contributed by atoms with E-state index >= 15 is 0 Å². The molecule has 2 N–H and O–H groups in total. The van der Waals surface area contributed by atoms with Crippen LogP contribution in [0.15, 0.2) is 142 Å². The first-order valence-electron chi connectivity index (χ1n) is 13.9. The summed E-state index contributed by atoms with van der Waals surface area (Å²) in [5.41, 5.74) is 3.64. The van der Waals surface area contributed by atoms with Crippen LogP contribution in [-0.4, -0.2) is 28.0 Å². The lowest BCUT2D eigenvalue weighted by Gasteiger charge is -2.12. The van der Waals surface area contributed by atoms with E-state index in [2.05, 4.69) is 26.6 Å². The van der Waals surface area contributed by atoms with Crippen LogP contribution in [0.5, 0.6) is 0 Å². The molecule has 44 heavy (non-hydrogen) atoms. The summed E-state index contributed by atoms with van der Waals surface area (Å²) in [6.45, 7) is 0. The normalized spacial score (nSPS) is 11.4. The number of amides is 2. The molecule has 1 heterocycles. The zero-order valence-corrected chi connectivity index (χ0v) is 25.8. The zero-order chi connectivity index (χ0) is 30.5. The van der Waals surface area contributed by atoms with E-state index in [1.807, 2.05) is 91.0 Å². The van der Waals surface area contributed by atoms with Crippen LogP contribution in [0.25, 0.3) is 27.9 Å². The van der Waals surface area contributed by atoms with Crippen molar-refractivity contribution in [1.82, 2.24) is 9.88 Å². The molecule has 5 aromatic carbocycles. The van der Waals surface area contributed by atoms with Crippen molar-refractivity contribution in [1.29, 1.82) is 0 Å². The molecule has 6 aromatic rings. The van der Waals surface area contributed by atoms with Gasteiger partial charge in [0, 0.05) is 31.4 Å². The lowest BCUT2D eigenvalue weighted by molar-refractivity contribution is -0.113. The smallest absolute Gasteiger partial charge is 0.272 e. The van der Waals surface area contributed by atoms with Crippen molar-refractivity contribution in [2.45, 2.75) is 4.90 Å².